The lowest BCUT2D eigenvalue weighted by Crippen LogP contribution is -2.14. The third-order valence-electron chi connectivity index (χ3n) is 3.34. The predicted octanol–water partition coefficient (Wildman–Crippen LogP) is 2.39. The van der Waals surface area contributed by atoms with Gasteiger partial charge in [0.2, 0.25) is 10.0 Å². The second-order valence-electron chi connectivity index (χ2n) is 5.27. The highest BCUT2D eigenvalue weighted by Gasteiger charge is 2.16. The van der Waals surface area contributed by atoms with Crippen LogP contribution in [0.5, 0.6) is 5.75 Å². The molecule has 0 aromatic heterocycles. The van der Waals surface area contributed by atoms with E-state index in [4.69, 9.17) is 9.88 Å². The molecule has 0 spiro atoms. The fourth-order valence-corrected chi connectivity index (χ4v) is 2.96. The molecule has 0 amide bonds. The van der Waals surface area contributed by atoms with Crippen LogP contribution < -0.4 is 9.88 Å². The largest absolute Gasteiger partial charge is 0.495 e. The molecule has 2 aromatic carbocycles. The van der Waals surface area contributed by atoms with Crippen molar-refractivity contribution in [1.29, 1.82) is 0 Å². The monoisotopic (exact) mass is 332 g/mol. The molecular formula is C17H20N2O3S. The van der Waals surface area contributed by atoms with Crippen LogP contribution in [0.1, 0.15) is 18.1 Å². The van der Waals surface area contributed by atoms with E-state index in [9.17, 15) is 8.42 Å². The van der Waals surface area contributed by atoms with E-state index < -0.39 is 10.0 Å². The van der Waals surface area contributed by atoms with Crippen LogP contribution in [0.2, 0.25) is 0 Å². The first-order valence-corrected chi connectivity index (χ1v) is 8.72. The maximum Gasteiger partial charge on any atom is 0.241 e. The van der Waals surface area contributed by atoms with E-state index >= 15 is 0 Å². The van der Waals surface area contributed by atoms with Gasteiger partial charge in [0.15, 0.2) is 0 Å². The summed E-state index contributed by atoms with van der Waals surface area (Å²) in [5.41, 5.74) is 1.87. The van der Waals surface area contributed by atoms with Crippen molar-refractivity contribution in [2.45, 2.75) is 24.3 Å². The number of nitrogens with zero attached hydrogens (tertiary/aromatic N) is 1. The van der Waals surface area contributed by atoms with Crippen LogP contribution in [0.3, 0.4) is 0 Å². The van der Waals surface area contributed by atoms with Gasteiger partial charge in [-0.05, 0) is 36.6 Å². The summed E-state index contributed by atoms with van der Waals surface area (Å²) in [5, 5.41) is 5.23. The standard InChI is InChI=1S/C17H20N2O3S/c1-13(19-12-14-6-4-3-5-7-14)10-15-8-9-16(22-2)17(11-15)23(18,20)21/h3-9,11-13H,10H2,1-2H3,(H2,18,20,21)/b19-12+/t13-/m1/s1. The topological polar surface area (TPSA) is 81.8 Å². The molecule has 0 unspecified atom stereocenters. The van der Waals surface area contributed by atoms with Gasteiger partial charge >= 0.3 is 0 Å². The van der Waals surface area contributed by atoms with Gasteiger partial charge in [0.05, 0.1) is 13.2 Å². The van der Waals surface area contributed by atoms with Gasteiger partial charge in [-0.3, -0.25) is 4.99 Å². The molecule has 122 valence electrons. The van der Waals surface area contributed by atoms with Crippen LogP contribution >= 0.6 is 0 Å². The number of ether oxygens (including phenoxy) is 1. The van der Waals surface area contributed by atoms with Crippen LogP contribution in [0.4, 0.5) is 0 Å². The number of benzene rings is 2. The highest BCUT2D eigenvalue weighted by Crippen LogP contribution is 2.24. The molecule has 0 fully saturated rings. The summed E-state index contributed by atoms with van der Waals surface area (Å²) in [6, 6.07) is 14.8. The molecule has 6 heteroatoms. The van der Waals surface area contributed by atoms with Crippen LogP contribution in [-0.4, -0.2) is 27.8 Å². The zero-order chi connectivity index (χ0) is 16.9. The Morgan fingerprint density at radius 1 is 1.22 bits per heavy atom. The first-order valence-electron chi connectivity index (χ1n) is 7.18. The van der Waals surface area contributed by atoms with E-state index in [1.807, 2.05) is 49.5 Å². The Balaban J connectivity index is 2.15. The van der Waals surface area contributed by atoms with Crippen molar-refractivity contribution in [3.05, 3.63) is 59.7 Å². The van der Waals surface area contributed by atoms with Crippen molar-refractivity contribution in [1.82, 2.24) is 0 Å². The van der Waals surface area contributed by atoms with Gasteiger partial charge in [0.1, 0.15) is 10.6 Å². The van der Waals surface area contributed by atoms with Crippen LogP contribution in [-0.2, 0) is 16.4 Å². The molecule has 2 N–H and O–H groups in total. The number of primary sulfonamides is 1. The number of aliphatic imine (C=N–C) groups is 1. The van der Waals surface area contributed by atoms with Gasteiger partial charge in [-0.2, -0.15) is 0 Å². The van der Waals surface area contributed by atoms with Crippen molar-refractivity contribution in [3.8, 4) is 5.75 Å². The van der Waals surface area contributed by atoms with E-state index in [0.29, 0.717) is 6.42 Å². The Hall–Kier alpha value is -2.18. The Labute approximate surface area is 136 Å². The number of sulfonamides is 1. The van der Waals surface area contributed by atoms with Gasteiger partial charge in [0, 0.05) is 6.21 Å². The van der Waals surface area contributed by atoms with E-state index in [1.54, 1.807) is 12.1 Å². The molecule has 0 aliphatic rings. The van der Waals surface area contributed by atoms with E-state index in [2.05, 4.69) is 4.99 Å². The van der Waals surface area contributed by atoms with Gasteiger partial charge in [-0.1, -0.05) is 36.4 Å². The third kappa shape index (κ3) is 4.91. The van der Waals surface area contributed by atoms with E-state index in [-0.39, 0.29) is 16.7 Å². The second kappa shape index (κ2) is 7.39. The highest BCUT2D eigenvalue weighted by molar-refractivity contribution is 7.89. The number of hydrogen-bond donors (Lipinski definition) is 1. The third-order valence-corrected chi connectivity index (χ3v) is 4.28. The van der Waals surface area contributed by atoms with Crippen LogP contribution in [0.15, 0.2) is 58.4 Å². The zero-order valence-electron chi connectivity index (χ0n) is 13.1. The van der Waals surface area contributed by atoms with E-state index in [0.717, 1.165) is 11.1 Å². The normalized spacial score (nSPS) is 13.2. The Kier molecular flexibility index (Phi) is 5.52. The lowest BCUT2D eigenvalue weighted by Gasteiger charge is -2.11. The van der Waals surface area contributed by atoms with Crippen molar-refractivity contribution < 1.29 is 13.2 Å². The minimum Gasteiger partial charge on any atom is -0.495 e. The first-order chi connectivity index (χ1) is 10.9. The molecular weight excluding hydrogens is 312 g/mol. The summed E-state index contributed by atoms with van der Waals surface area (Å²) in [6.07, 6.45) is 2.42. The maximum atomic E-state index is 11.6. The van der Waals surface area contributed by atoms with Crippen molar-refractivity contribution in [2.24, 2.45) is 10.1 Å². The summed E-state index contributed by atoms with van der Waals surface area (Å²) in [4.78, 5) is 4.48. The fraction of sp³-hybridized carbons (Fsp3) is 0.235. The average Bonchev–Trinajstić information content (AvgIpc) is 2.53. The number of nitrogens with two attached hydrogens (primary N) is 1. The van der Waals surface area contributed by atoms with Crippen LogP contribution in [0, 0.1) is 0 Å². The lowest BCUT2D eigenvalue weighted by molar-refractivity contribution is 0.402. The summed E-state index contributed by atoms with van der Waals surface area (Å²) in [7, 11) is -2.41. The molecule has 1 atom stereocenters. The molecule has 0 radical (unpaired) electrons. The summed E-state index contributed by atoms with van der Waals surface area (Å²) in [5.74, 6) is 0.247. The first kappa shape index (κ1) is 17.2. The van der Waals surface area contributed by atoms with Gasteiger partial charge in [-0.15, -0.1) is 0 Å². The Morgan fingerprint density at radius 2 is 1.91 bits per heavy atom. The molecule has 0 aliphatic heterocycles. The minimum absolute atomic E-state index is 0.00302. The molecule has 0 heterocycles. The summed E-state index contributed by atoms with van der Waals surface area (Å²) in [6.45, 7) is 1.97. The molecule has 0 bridgehead atoms. The number of rotatable bonds is 6. The lowest BCUT2D eigenvalue weighted by atomic mass is 10.1. The molecule has 23 heavy (non-hydrogen) atoms. The second-order valence-corrected chi connectivity index (χ2v) is 6.80. The number of hydrogen-bond acceptors (Lipinski definition) is 4. The van der Waals surface area contributed by atoms with Gasteiger partial charge in [-0.25, -0.2) is 13.6 Å². The Bertz CT molecular complexity index is 787. The smallest absolute Gasteiger partial charge is 0.241 e. The quantitative estimate of drug-likeness (QED) is 0.825. The molecule has 0 saturated heterocycles. The SMILES string of the molecule is COc1ccc(C[C@@H](C)/N=C/c2ccccc2)cc1S(N)(=O)=O. The Morgan fingerprint density at radius 3 is 2.52 bits per heavy atom. The minimum atomic E-state index is -3.82. The predicted molar refractivity (Wildman–Crippen MR) is 91.6 cm³/mol. The van der Waals surface area contributed by atoms with Crippen molar-refractivity contribution in [2.75, 3.05) is 7.11 Å². The van der Waals surface area contributed by atoms with Gasteiger partial charge < -0.3 is 4.74 Å². The highest BCUT2D eigenvalue weighted by atomic mass is 32.2. The fourth-order valence-electron chi connectivity index (χ4n) is 2.22. The van der Waals surface area contributed by atoms with E-state index in [1.165, 1.54) is 7.11 Å². The van der Waals surface area contributed by atoms with Crippen molar-refractivity contribution in [3.63, 3.8) is 0 Å². The summed E-state index contributed by atoms with van der Waals surface area (Å²) < 4.78 is 28.3. The molecule has 5 nitrogen and oxygen atoms in total. The van der Waals surface area contributed by atoms with Gasteiger partial charge in [0.25, 0.3) is 0 Å². The molecule has 0 aliphatic carbocycles. The zero-order valence-corrected chi connectivity index (χ0v) is 14.0. The molecule has 2 aromatic rings. The maximum absolute atomic E-state index is 11.6. The number of methoxy groups -OCH3 is 1. The molecule has 2 rings (SSSR count). The average molecular weight is 332 g/mol. The summed E-state index contributed by atoms with van der Waals surface area (Å²) >= 11 is 0. The molecule has 0 saturated carbocycles. The van der Waals surface area contributed by atoms with Crippen LogP contribution in [0.25, 0.3) is 0 Å². The van der Waals surface area contributed by atoms with Crippen molar-refractivity contribution >= 4 is 16.2 Å².